The first-order chi connectivity index (χ1) is 7.26. The minimum absolute atomic E-state index is 0.161. The molecule has 0 aliphatic heterocycles. The second-order valence-corrected chi connectivity index (χ2v) is 4.60. The van der Waals surface area contributed by atoms with Crippen molar-refractivity contribution in [3.8, 4) is 0 Å². The molecule has 0 spiro atoms. The molecular weight excluding hydrogens is 288 g/mol. The van der Waals surface area contributed by atoms with Gasteiger partial charge in [-0.25, -0.2) is 8.78 Å². The van der Waals surface area contributed by atoms with Gasteiger partial charge in [0.2, 0.25) is 0 Å². The van der Waals surface area contributed by atoms with E-state index >= 15 is 0 Å². The zero-order chi connectivity index (χ0) is 12.5. The number of hydrogen-bond donors (Lipinski definition) is 0. The van der Waals surface area contributed by atoms with Gasteiger partial charge in [-0.15, -0.1) is 0 Å². The quantitative estimate of drug-likeness (QED) is 0.563. The molecule has 1 aromatic rings. The van der Waals surface area contributed by atoms with Gasteiger partial charge in [0.25, 0.3) is 0 Å². The lowest BCUT2D eigenvalue weighted by Crippen LogP contribution is -2.31. The minimum atomic E-state index is -4.07. The van der Waals surface area contributed by atoms with E-state index < -0.39 is 17.2 Å². The molecule has 0 aromatic heterocycles. The van der Waals surface area contributed by atoms with Crippen molar-refractivity contribution in [3.63, 3.8) is 0 Å². The molecule has 1 unspecified atom stereocenters. The summed E-state index contributed by atoms with van der Waals surface area (Å²) in [5.41, 5.74) is 1.89. The Morgan fingerprint density at radius 3 is 2.12 bits per heavy atom. The largest absolute Gasteiger partial charge is 0.323 e. The summed E-state index contributed by atoms with van der Waals surface area (Å²) in [6.45, 7) is 3.58. The normalized spacial score (nSPS) is 14.2. The van der Waals surface area contributed by atoms with Crippen molar-refractivity contribution in [2.24, 2.45) is 0 Å². The first-order valence-corrected chi connectivity index (χ1v) is 5.55. The topological polar surface area (TPSA) is 0 Å². The van der Waals surface area contributed by atoms with Gasteiger partial charge in [0.05, 0.1) is 0 Å². The van der Waals surface area contributed by atoms with Crippen LogP contribution in [0.25, 0.3) is 0 Å². The van der Waals surface area contributed by atoms with E-state index in [4.69, 9.17) is 0 Å². The van der Waals surface area contributed by atoms with Crippen LogP contribution >= 0.6 is 15.9 Å². The molecule has 0 amide bonds. The molecule has 1 aromatic carbocycles. The van der Waals surface area contributed by atoms with E-state index in [1.165, 1.54) is 12.1 Å². The molecule has 0 fully saturated rings. The predicted octanol–water partition coefficient (Wildman–Crippen LogP) is 4.64. The van der Waals surface area contributed by atoms with E-state index in [0.29, 0.717) is 0 Å². The predicted molar refractivity (Wildman–Crippen MR) is 58.5 cm³/mol. The third-order valence-electron chi connectivity index (χ3n) is 2.45. The fourth-order valence-electron chi connectivity index (χ4n) is 1.26. The van der Waals surface area contributed by atoms with Gasteiger partial charge in [0.1, 0.15) is 4.83 Å². The van der Waals surface area contributed by atoms with E-state index in [1.807, 2.05) is 6.92 Å². The maximum absolute atomic E-state index is 13.1. The first kappa shape index (κ1) is 13.5. The monoisotopic (exact) mass is 298 g/mol. The highest BCUT2D eigenvalue weighted by Gasteiger charge is 2.48. The Balaban J connectivity index is 3.05. The zero-order valence-electron chi connectivity index (χ0n) is 8.78. The molecule has 0 saturated carbocycles. The Morgan fingerprint density at radius 1 is 1.12 bits per heavy atom. The average Bonchev–Trinajstić information content (AvgIpc) is 2.20. The van der Waals surface area contributed by atoms with Crippen LogP contribution in [0.4, 0.5) is 17.6 Å². The molecule has 0 aliphatic rings. The Bertz CT molecular complexity index is 376. The van der Waals surface area contributed by atoms with Crippen LogP contribution in [0, 0.1) is 13.8 Å². The van der Waals surface area contributed by atoms with Crippen LogP contribution in [0.1, 0.15) is 21.5 Å². The SMILES string of the molecule is Cc1ccc(C(Br)C(F)(F)C(F)F)cc1C. The van der Waals surface area contributed by atoms with E-state index in [-0.39, 0.29) is 5.56 Å². The van der Waals surface area contributed by atoms with Crippen LogP contribution in [0.5, 0.6) is 0 Å². The molecule has 0 aliphatic carbocycles. The maximum Gasteiger partial charge on any atom is 0.323 e. The highest BCUT2D eigenvalue weighted by molar-refractivity contribution is 9.09. The summed E-state index contributed by atoms with van der Waals surface area (Å²) in [6, 6.07) is 4.56. The number of halogens is 5. The smallest absolute Gasteiger partial charge is 0.204 e. The molecule has 0 nitrogen and oxygen atoms in total. The molecular formula is C11H11BrF4. The van der Waals surface area contributed by atoms with Crippen LogP contribution in [-0.4, -0.2) is 12.3 Å². The lowest BCUT2D eigenvalue weighted by atomic mass is 10.0. The summed E-state index contributed by atoms with van der Waals surface area (Å²) in [7, 11) is 0. The molecule has 0 radical (unpaired) electrons. The van der Waals surface area contributed by atoms with Crippen LogP contribution in [0.2, 0.25) is 0 Å². The second-order valence-electron chi connectivity index (χ2n) is 3.68. The molecule has 0 bridgehead atoms. The molecule has 1 rings (SSSR count). The summed E-state index contributed by atoms with van der Waals surface area (Å²) >= 11 is 2.64. The Morgan fingerprint density at radius 2 is 1.69 bits per heavy atom. The van der Waals surface area contributed by atoms with Crippen LogP contribution in [0.3, 0.4) is 0 Å². The fraction of sp³-hybridized carbons (Fsp3) is 0.455. The highest BCUT2D eigenvalue weighted by Crippen LogP contribution is 2.42. The molecule has 1 atom stereocenters. The van der Waals surface area contributed by atoms with Gasteiger partial charge in [0, 0.05) is 0 Å². The number of aryl methyl sites for hydroxylation is 2. The Labute approximate surface area is 99.8 Å². The third kappa shape index (κ3) is 2.56. The maximum atomic E-state index is 13.1. The van der Waals surface area contributed by atoms with Gasteiger partial charge in [0.15, 0.2) is 0 Å². The van der Waals surface area contributed by atoms with E-state index in [0.717, 1.165) is 11.1 Å². The van der Waals surface area contributed by atoms with Gasteiger partial charge < -0.3 is 0 Å². The number of hydrogen-bond acceptors (Lipinski definition) is 0. The molecule has 0 saturated heterocycles. The van der Waals surface area contributed by atoms with Crippen molar-refractivity contribution in [3.05, 3.63) is 34.9 Å². The first-order valence-electron chi connectivity index (χ1n) is 4.64. The summed E-state index contributed by atoms with van der Waals surface area (Å²) in [5, 5.41) is 0. The van der Waals surface area contributed by atoms with Crippen LogP contribution in [0.15, 0.2) is 18.2 Å². The number of alkyl halides is 5. The van der Waals surface area contributed by atoms with Crippen molar-refractivity contribution >= 4 is 15.9 Å². The van der Waals surface area contributed by atoms with Gasteiger partial charge in [-0.1, -0.05) is 34.1 Å². The fourth-order valence-corrected chi connectivity index (χ4v) is 1.74. The summed E-state index contributed by atoms with van der Waals surface area (Å²) in [4.78, 5) is -1.67. The van der Waals surface area contributed by atoms with Gasteiger partial charge in [-0.05, 0) is 30.5 Å². The lowest BCUT2D eigenvalue weighted by molar-refractivity contribution is -0.127. The van der Waals surface area contributed by atoms with Crippen molar-refractivity contribution < 1.29 is 17.6 Å². The summed E-state index contributed by atoms with van der Waals surface area (Å²) in [6.07, 6.45) is -3.68. The molecule has 16 heavy (non-hydrogen) atoms. The minimum Gasteiger partial charge on any atom is -0.204 e. The van der Waals surface area contributed by atoms with Gasteiger partial charge in [-0.3, -0.25) is 0 Å². The molecule has 90 valence electrons. The van der Waals surface area contributed by atoms with Crippen molar-refractivity contribution in [2.45, 2.75) is 31.0 Å². The Kier molecular flexibility index (Phi) is 3.99. The standard InChI is InChI=1S/C11H11BrF4/c1-6-3-4-8(5-7(6)2)9(12)11(15,16)10(13)14/h3-5,9-10H,1-2H3. The van der Waals surface area contributed by atoms with E-state index in [9.17, 15) is 17.6 Å². The van der Waals surface area contributed by atoms with Crippen molar-refractivity contribution in [2.75, 3.05) is 0 Å². The molecule has 0 heterocycles. The number of rotatable bonds is 3. The van der Waals surface area contributed by atoms with Crippen molar-refractivity contribution in [1.82, 2.24) is 0 Å². The zero-order valence-corrected chi connectivity index (χ0v) is 10.4. The second kappa shape index (κ2) is 4.73. The molecule has 0 N–H and O–H groups in total. The van der Waals surface area contributed by atoms with Crippen molar-refractivity contribution in [1.29, 1.82) is 0 Å². The lowest BCUT2D eigenvalue weighted by Gasteiger charge is -2.22. The van der Waals surface area contributed by atoms with Crippen LogP contribution in [-0.2, 0) is 0 Å². The average molecular weight is 299 g/mol. The highest BCUT2D eigenvalue weighted by atomic mass is 79.9. The number of benzene rings is 1. The Hall–Kier alpha value is -0.580. The van der Waals surface area contributed by atoms with E-state index in [2.05, 4.69) is 15.9 Å². The van der Waals surface area contributed by atoms with Crippen LogP contribution < -0.4 is 0 Å². The van der Waals surface area contributed by atoms with E-state index in [1.54, 1.807) is 13.0 Å². The summed E-state index contributed by atoms with van der Waals surface area (Å²) < 4.78 is 50.4. The third-order valence-corrected chi connectivity index (χ3v) is 3.59. The van der Waals surface area contributed by atoms with Gasteiger partial charge >= 0.3 is 12.3 Å². The summed E-state index contributed by atoms with van der Waals surface area (Å²) in [5.74, 6) is -4.07. The van der Waals surface area contributed by atoms with Gasteiger partial charge in [-0.2, -0.15) is 8.78 Å². The molecule has 5 heteroatoms.